The van der Waals surface area contributed by atoms with E-state index in [1.165, 1.54) is 0 Å². The standard InChI is InChI=1S/C21H20N2O3.CH2O/c22-17-5-9-19(10-6-17)25-14-15-3-1-2-4-16(13-15)21(24)26-20-11-7-18(23)8-12-20;1-2/h1-3,5-13H,4,14,22-23H2;1H2. The predicted octanol–water partition coefficient (Wildman–Crippen LogP) is 3.46. The van der Waals surface area contributed by atoms with Crippen molar-refractivity contribution in [3.63, 3.8) is 0 Å². The third-order valence-electron chi connectivity index (χ3n) is 3.78. The van der Waals surface area contributed by atoms with Gasteiger partial charge in [0.15, 0.2) is 0 Å². The zero-order valence-electron chi connectivity index (χ0n) is 15.3. The van der Waals surface area contributed by atoms with Gasteiger partial charge in [-0.15, -0.1) is 0 Å². The van der Waals surface area contributed by atoms with Gasteiger partial charge in [0.05, 0.1) is 0 Å². The van der Waals surface area contributed by atoms with Gasteiger partial charge in [0.2, 0.25) is 0 Å². The summed E-state index contributed by atoms with van der Waals surface area (Å²) in [5.41, 5.74) is 14.0. The lowest BCUT2D eigenvalue weighted by Crippen LogP contribution is -2.12. The molecule has 0 heterocycles. The van der Waals surface area contributed by atoms with Crippen molar-refractivity contribution in [1.82, 2.24) is 0 Å². The number of hydrogen-bond acceptors (Lipinski definition) is 6. The lowest BCUT2D eigenvalue weighted by atomic mass is 10.1. The van der Waals surface area contributed by atoms with E-state index in [2.05, 4.69) is 0 Å². The molecule has 0 bridgehead atoms. The summed E-state index contributed by atoms with van der Waals surface area (Å²) in [6, 6.07) is 13.9. The number of allylic oxidation sites excluding steroid dienone is 3. The average molecular weight is 378 g/mol. The van der Waals surface area contributed by atoms with E-state index in [1.54, 1.807) is 42.5 Å². The average Bonchev–Trinajstić information content (AvgIpc) is 2.97. The highest BCUT2D eigenvalue weighted by Crippen LogP contribution is 2.20. The topological polar surface area (TPSA) is 105 Å². The monoisotopic (exact) mass is 378 g/mol. The molecular formula is C22H22N2O4. The summed E-state index contributed by atoms with van der Waals surface area (Å²) in [6.07, 6.45) is 8.03. The van der Waals surface area contributed by atoms with Crippen molar-refractivity contribution in [2.24, 2.45) is 0 Å². The highest BCUT2D eigenvalue weighted by Gasteiger charge is 2.13. The fourth-order valence-electron chi connectivity index (χ4n) is 2.39. The second kappa shape index (κ2) is 10.4. The first-order valence-corrected chi connectivity index (χ1v) is 8.51. The van der Waals surface area contributed by atoms with Crippen LogP contribution >= 0.6 is 0 Å². The molecule has 1 aliphatic rings. The Morgan fingerprint density at radius 2 is 1.50 bits per heavy atom. The summed E-state index contributed by atoms with van der Waals surface area (Å²) in [4.78, 5) is 20.4. The Bertz CT molecular complexity index is 882. The lowest BCUT2D eigenvalue weighted by Gasteiger charge is -2.09. The number of carbonyl (C=O) groups is 2. The first kappa shape index (κ1) is 20.5. The van der Waals surface area contributed by atoms with Crippen LogP contribution in [0.1, 0.15) is 6.42 Å². The van der Waals surface area contributed by atoms with Crippen LogP contribution in [0.15, 0.2) is 84.0 Å². The molecule has 0 aromatic heterocycles. The first-order chi connectivity index (χ1) is 13.6. The molecule has 6 heteroatoms. The summed E-state index contributed by atoms with van der Waals surface area (Å²) in [6.45, 7) is 2.34. The van der Waals surface area contributed by atoms with Crippen molar-refractivity contribution in [3.8, 4) is 11.5 Å². The molecule has 0 unspecified atom stereocenters. The maximum absolute atomic E-state index is 12.4. The molecular weight excluding hydrogens is 356 g/mol. The molecule has 0 fully saturated rings. The van der Waals surface area contributed by atoms with Crippen molar-refractivity contribution >= 4 is 24.1 Å². The van der Waals surface area contributed by atoms with Gasteiger partial charge < -0.3 is 25.7 Å². The van der Waals surface area contributed by atoms with Gasteiger partial charge in [-0.25, -0.2) is 4.79 Å². The predicted molar refractivity (Wildman–Crippen MR) is 110 cm³/mol. The van der Waals surface area contributed by atoms with Crippen LogP contribution in [0, 0.1) is 0 Å². The highest BCUT2D eigenvalue weighted by molar-refractivity contribution is 5.91. The molecule has 2 aromatic rings. The molecule has 2 aromatic carbocycles. The molecule has 0 amide bonds. The molecule has 0 atom stereocenters. The van der Waals surface area contributed by atoms with E-state index in [4.69, 9.17) is 25.7 Å². The van der Waals surface area contributed by atoms with Crippen molar-refractivity contribution in [2.45, 2.75) is 6.42 Å². The summed E-state index contributed by atoms with van der Waals surface area (Å²) >= 11 is 0. The Labute approximate surface area is 163 Å². The van der Waals surface area contributed by atoms with Gasteiger partial charge in [-0.1, -0.05) is 18.2 Å². The van der Waals surface area contributed by atoms with Crippen molar-refractivity contribution in [2.75, 3.05) is 18.1 Å². The normalized spacial score (nSPS) is 12.6. The van der Waals surface area contributed by atoms with Gasteiger partial charge in [0, 0.05) is 16.9 Å². The SMILES string of the molecule is C=O.Nc1ccc(OCC2=CC=CCC(C(=O)Oc3ccc(N)cc3)=C2)cc1. The van der Waals surface area contributed by atoms with Crippen LogP contribution in [0.4, 0.5) is 11.4 Å². The molecule has 0 saturated heterocycles. The minimum atomic E-state index is -0.389. The van der Waals surface area contributed by atoms with Gasteiger partial charge in [-0.2, -0.15) is 0 Å². The van der Waals surface area contributed by atoms with Crippen LogP contribution < -0.4 is 20.9 Å². The second-order valence-corrected chi connectivity index (χ2v) is 5.86. The van der Waals surface area contributed by atoms with Gasteiger partial charge in [-0.05, 0) is 66.6 Å². The Hall–Kier alpha value is -3.80. The number of ether oxygens (including phenoxy) is 2. The number of carbonyl (C=O) groups excluding carboxylic acids is 2. The van der Waals surface area contributed by atoms with Crippen LogP contribution in [0.2, 0.25) is 0 Å². The van der Waals surface area contributed by atoms with Crippen LogP contribution in [-0.2, 0) is 9.59 Å². The molecule has 0 aliphatic heterocycles. The third kappa shape index (κ3) is 6.17. The van der Waals surface area contributed by atoms with Crippen molar-refractivity contribution < 1.29 is 19.1 Å². The molecule has 0 spiro atoms. The number of anilines is 2. The summed E-state index contributed by atoms with van der Waals surface area (Å²) in [5.74, 6) is 0.786. The smallest absolute Gasteiger partial charge is 0.339 e. The van der Waals surface area contributed by atoms with Gasteiger partial charge >= 0.3 is 5.97 Å². The molecule has 144 valence electrons. The molecule has 6 nitrogen and oxygen atoms in total. The van der Waals surface area contributed by atoms with Crippen molar-refractivity contribution in [3.05, 3.63) is 84.0 Å². The molecule has 4 N–H and O–H groups in total. The Balaban J connectivity index is 0.00000136. The van der Waals surface area contributed by atoms with Crippen LogP contribution in [0.25, 0.3) is 0 Å². The summed E-state index contributed by atoms with van der Waals surface area (Å²) < 4.78 is 11.2. The van der Waals surface area contributed by atoms with E-state index in [1.807, 2.05) is 37.1 Å². The first-order valence-electron chi connectivity index (χ1n) is 8.51. The number of nitrogen functional groups attached to an aromatic ring is 2. The quantitative estimate of drug-likeness (QED) is 0.469. The number of hydrogen-bond donors (Lipinski definition) is 2. The largest absolute Gasteiger partial charge is 0.489 e. The molecule has 0 saturated carbocycles. The minimum absolute atomic E-state index is 0.340. The van der Waals surface area contributed by atoms with E-state index in [-0.39, 0.29) is 5.97 Å². The molecule has 1 aliphatic carbocycles. The van der Waals surface area contributed by atoms with E-state index >= 15 is 0 Å². The van der Waals surface area contributed by atoms with E-state index in [0.717, 1.165) is 5.57 Å². The van der Waals surface area contributed by atoms with Gasteiger partial charge in [-0.3, -0.25) is 0 Å². The van der Waals surface area contributed by atoms with Gasteiger partial charge in [0.1, 0.15) is 24.9 Å². The zero-order chi connectivity index (χ0) is 20.4. The molecule has 0 radical (unpaired) electrons. The molecule has 28 heavy (non-hydrogen) atoms. The van der Waals surface area contributed by atoms with Crippen LogP contribution in [0.3, 0.4) is 0 Å². The Morgan fingerprint density at radius 3 is 2.11 bits per heavy atom. The lowest BCUT2D eigenvalue weighted by molar-refractivity contribution is -0.130. The molecule has 3 rings (SSSR count). The number of nitrogens with two attached hydrogens (primary N) is 2. The van der Waals surface area contributed by atoms with E-state index in [0.29, 0.717) is 41.5 Å². The highest BCUT2D eigenvalue weighted by atomic mass is 16.5. The maximum Gasteiger partial charge on any atom is 0.339 e. The Morgan fingerprint density at radius 1 is 0.929 bits per heavy atom. The van der Waals surface area contributed by atoms with Crippen molar-refractivity contribution in [1.29, 1.82) is 0 Å². The van der Waals surface area contributed by atoms with Crippen LogP contribution in [0.5, 0.6) is 11.5 Å². The summed E-state index contributed by atoms with van der Waals surface area (Å²) in [5, 5.41) is 0. The minimum Gasteiger partial charge on any atom is -0.489 e. The fraction of sp³-hybridized carbons (Fsp3) is 0.0909. The second-order valence-electron chi connectivity index (χ2n) is 5.86. The number of benzene rings is 2. The van der Waals surface area contributed by atoms with Gasteiger partial charge in [0.25, 0.3) is 0 Å². The Kier molecular flexibility index (Phi) is 7.60. The van der Waals surface area contributed by atoms with Crippen LogP contribution in [-0.4, -0.2) is 19.4 Å². The number of rotatable bonds is 5. The van der Waals surface area contributed by atoms with E-state index < -0.39 is 0 Å². The maximum atomic E-state index is 12.4. The third-order valence-corrected chi connectivity index (χ3v) is 3.78. The summed E-state index contributed by atoms with van der Waals surface area (Å²) in [7, 11) is 0. The zero-order valence-corrected chi connectivity index (χ0v) is 15.3. The van der Waals surface area contributed by atoms with E-state index in [9.17, 15) is 4.79 Å². The number of esters is 1. The fourth-order valence-corrected chi connectivity index (χ4v) is 2.39.